The molecule has 0 amide bonds. The fraction of sp³-hybridized carbons (Fsp3) is 0.538. The van der Waals surface area contributed by atoms with Crippen molar-refractivity contribution in [3.05, 3.63) is 23.4 Å². The van der Waals surface area contributed by atoms with E-state index in [0.29, 0.717) is 11.6 Å². The van der Waals surface area contributed by atoms with Crippen LogP contribution in [0.4, 0.5) is 5.82 Å². The molecule has 4 heteroatoms. The van der Waals surface area contributed by atoms with Gasteiger partial charge in [0, 0.05) is 31.4 Å². The van der Waals surface area contributed by atoms with Gasteiger partial charge in [0.05, 0.1) is 11.6 Å². The Morgan fingerprint density at radius 3 is 3.18 bits per heavy atom. The van der Waals surface area contributed by atoms with Crippen molar-refractivity contribution in [2.75, 3.05) is 24.5 Å². The number of aromatic nitrogens is 1. The SMILES string of the molecule is Cc1cc(C#N)cc(N2CC[C@H]3CNC[C@H]32)n1. The summed E-state index contributed by atoms with van der Waals surface area (Å²) in [5, 5.41) is 12.4. The molecule has 4 nitrogen and oxygen atoms in total. The molecule has 1 aromatic heterocycles. The Bertz CT molecular complexity index is 477. The summed E-state index contributed by atoms with van der Waals surface area (Å²) in [7, 11) is 0. The highest BCUT2D eigenvalue weighted by molar-refractivity contribution is 5.48. The minimum Gasteiger partial charge on any atom is -0.352 e. The number of pyridine rings is 1. The van der Waals surface area contributed by atoms with Crippen LogP contribution < -0.4 is 10.2 Å². The van der Waals surface area contributed by atoms with Crippen LogP contribution in [-0.4, -0.2) is 30.7 Å². The highest BCUT2D eigenvalue weighted by Gasteiger charge is 2.38. The molecule has 0 saturated carbocycles. The summed E-state index contributed by atoms with van der Waals surface area (Å²) in [5.74, 6) is 1.72. The molecule has 1 aromatic rings. The Balaban J connectivity index is 1.94. The molecular weight excluding hydrogens is 212 g/mol. The van der Waals surface area contributed by atoms with Crippen molar-refractivity contribution < 1.29 is 0 Å². The van der Waals surface area contributed by atoms with E-state index in [4.69, 9.17) is 5.26 Å². The minimum atomic E-state index is 0.566. The van der Waals surface area contributed by atoms with Crippen LogP contribution in [0.5, 0.6) is 0 Å². The molecule has 0 radical (unpaired) electrons. The minimum absolute atomic E-state index is 0.566. The summed E-state index contributed by atoms with van der Waals surface area (Å²) in [4.78, 5) is 6.93. The molecule has 2 atom stereocenters. The van der Waals surface area contributed by atoms with Crippen molar-refractivity contribution >= 4 is 5.82 Å². The smallest absolute Gasteiger partial charge is 0.130 e. The quantitative estimate of drug-likeness (QED) is 0.781. The fourth-order valence-electron chi connectivity index (χ4n) is 3.00. The number of fused-ring (bicyclic) bond motifs is 1. The summed E-state index contributed by atoms with van der Waals surface area (Å²) < 4.78 is 0. The number of hydrogen-bond acceptors (Lipinski definition) is 4. The third-order valence-corrected chi connectivity index (χ3v) is 3.81. The Morgan fingerprint density at radius 2 is 2.35 bits per heavy atom. The van der Waals surface area contributed by atoms with Gasteiger partial charge in [-0.25, -0.2) is 4.98 Å². The van der Waals surface area contributed by atoms with E-state index < -0.39 is 0 Å². The molecule has 0 aromatic carbocycles. The normalized spacial score (nSPS) is 26.9. The average Bonchev–Trinajstić information content (AvgIpc) is 2.89. The van der Waals surface area contributed by atoms with E-state index in [1.54, 1.807) is 0 Å². The van der Waals surface area contributed by atoms with Crippen LogP contribution in [-0.2, 0) is 0 Å². The van der Waals surface area contributed by atoms with Gasteiger partial charge in [0.25, 0.3) is 0 Å². The first-order valence-corrected chi connectivity index (χ1v) is 6.14. The maximum atomic E-state index is 9.01. The van der Waals surface area contributed by atoms with Crippen LogP contribution in [0.25, 0.3) is 0 Å². The number of anilines is 1. The molecule has 88 valence electrons. The Hall–Kier alpha value is -1.60. The van der Waals surface area contributed by atoms with Gasteiger partial charge < -0.3 is 10.2 Å². The highest BCUT2D eigenvalue weighted by Crippen LogP contribution is 2.31. The molecule has 3 rings (SSSR count). The number of nitriles is 1. The Morgan fingerprint density at radius 1 is 1.47 bits per heavy atom. The fourth-order valence-corrected chi connectivity index (χ4v) is 3.00. The Kier molecular flexibility index (Phi) is 2.49. The third-order valence-electron chi connectivity index (χ3n) is 3.81. The van der Waals surface area contributed by atoms with E-state index in [1.165, 1.54) is 6.42 Å². The first-order valence-electron chi connectivity index (χ1n) is 6.14. The Labute approximate surface area is 101 Å². The van der Waals surface area contributed by atoms with E-state index >= 15 is 0 Å². The maximum absolute atomic E-state index is 9.01. The second kappa shape index (κ2) is 4.01. The largest absolute Gasteiger partial charge is 0.352 e. The molecule has 0 unspecified atom stereocenters. The second-order valence-electron chi connectivity index (χ2n) is 4.93. The lowest BCUT2D eigenvalue weighted by Gasteiger charge is -2.24. The molecule has 0 aliphatic carbocycles. The van der Waals surface area contributed by atoms with Crippen LogP contribution in [0.2, 0.25) is 0 Å². The molecular formula is C13H16N4. The number of rotatable bonds is 1. The molecule has 17 heavy (non-hydrogen) atoms. The van der Waals surface area contributed by atoms with Crippen molar-refractivity contribution in [3.8, 4) is 6.07 Å². The summed E-state index contributed by atoms with van der Waals surface area (Å²) in [6.07, 6.45) is 1.23. The summed E-state index contributed by atoms with van der Waals surface area (Å²) in [6, 6.07) is 6.52. The van der Waals surface area contributed by atoms with E-state index in [1.807, 2.05) is 19.1 Å². The van der Waals surface area contributed by atoms with Crippen LogP contribution in [0.15, 0.2) is 12.1 Å². The summed E-state index contributed by atoms with van der Waals surface area (Å²) in [5.41, 5.74) is 1.63. The molecule has 0 spiro atoms. The van der Waals surface area contributed by atoms with Crippen LogP contribution in [0.1, 0.15) is 17.7 Å². The van der Waals surface area contributed by atoms with Gasteiger partial charge in [-0.2, -0.15) is 5.26 Å². The van der Waals surface area contributed by atoms with Gasteiger partial charge in [0.2, 0.25) is 0 Å². The number of aryl methyl sites for hydroxylation is 1. The lowest BCUT2D eigenvalue weighted by Crippen LogP contribution is -2.34. The number of nitrogens with one attached hydrogen (secondary N) is 1. The molecule has 2 aliphatic rings. The zero-order valence-electron chi connectivity index (χ0n) is 9.98. The predicted octanol–water partition coefficient (Wildman–Crippen LogP) is 1.06. The van der Waals surface area contributed by atoms with Crippen molar-refractivity contribution in [2.24, 2.45) is 5.92 Å². The lowest BCUT2D eigenvalue weighted by molar-refractivity contribution is 0.577. The van der Waals surface area contributed by atoms with Gasteiger partial charge in [-0.3, -0.25) is 0 Å². The lowest BCUT2D eigenvalue weighted by atomic mass is 10.1. The van der Waals surface area contributed by atoms with Crippen LogP contribution in [0.3, 0.4) is 0 Å². The summed E-state index contributed by atoms with van der Waals surface area (Å²) >= 11 is 0. The van der Waals surface area contributed by atoms with E-state index in [9.17, 15) is 0 Å². The number of hydrogen-bond donors (Lipinski definition) is 1. The zero-order valence-corrected chi connectivity index (χ0v) is 9.98. The van der Waals surface area contributed by atoms with Gasteiger partial charge in [-0.15, -0.1) is 0 Å². The average molecular weight is 228 g/mol. The third kappa shape index (κ3) is 1.77. The van der Waals surface area contributed by atoms with Gasteiger partial charge in [0.15, 0.2) is 0 Å². The van der Waals surface area contributed by atoms with E-state index in [0.717, 1.165) is 37.1 Å². The van der Waals surface area contributed by atoms with Crippen LogP contribution >= 0.6 is 0 Å². The van der Waals surface area contributed by atoms with Crippen molar-refractivity contribution in [1.82, 2.24) is 10.3 Å². The van der Waals surface area contributed by atoms with E-state index in [2.05, 4.69) is 21.3 Å². The van der Waals surface area contributed by atoms with Crippen LogP contribution in [0, 0.1) is 24.2 Å². The molecule has 3 heterocycles. The molecule has 2 fully saturated rings. The zero-order chi connectivity index (χ0) is 11.8. The standard InChI is InChI=1S/C13H16N4/c1-9-4-10(6-14)5-13(16-9)17-3-2-11-7-15-8-12(11)17/h4-5,11-12,15H,2-3,7-8H2,1H3/t11-,12+/m0/s1. The second-order valence-corrected chi connectivity index (χ2v) is 4.93. The van der Waals surface area contributed by atoms with Crippen molar-refractivity contribution in [2.45, 2.75) is 19.4 Å². The molecule has 2 saturated heterocycles. The highest BCUT2D eigenvalue weighted by atomic mass is 15.3. The van der Waals surface area contributed by atoms with E-state index in [-0.39, 0.29) is 0 Å². The maximum Gasteiger partial charge on any atom is 0.130 e. The molecule has 0 bridgehead atoms. The topological polar surface area (TPSA) is 52.0 Å². The predicted molar refractivity (Wildman–Crippen MR) is 65.8 cm³/mol. The van der Waals surface area contributed by atoms with Gasteiger partial charge in [0.1, 0.15) is 5.82 Å². The van der Waals surface area contributed by atoms with Crippen molar-refractivity contribution in [3.63, 3.8) is 0 Å². The first kappa shape index (κ1) is 10.5. The number of nitrogens with zero attached hydrogens (tertiary/aromatic N) is 3. The monoisotopic (exact) mass is 228 g/mol. The summed E-state index contributed by atoms with van der Waals surface area (Å²) in [6.45, 7) is 5.18. The molecule has 1 N–H and O–H groups in total. The van der Waals surface area contributed by atoms with Crippen molar-refractivity contribution in [1.29, 1.82) is 5.26 Å². The molecule has 2 aliphatic heterocycles. The van der Waals surface area contributed by atoms with Gasteiger partial charge >= 0.3 is 0 Å². The first-order chi connectivity index (χ1) is 8.28. The van der Waals surface area contributed by atoms with Gasteiger partial charge in [-0.1, -0.05) is 0 Å². The van der Waals surface area contributed by atoms with Gasteiger partial charge in [-0.05, 0) is 31.4 Å².